The summed E-state index contributed by atoms with van der Waals surface area (Å²) < 4.78 is 5.20. The van der Waals surface area contributed by atoms with Gasteiger partial charge in [-0.1, -0.05) is 19.3 Å². The number of fused-ring (bicyclic) bond motifs is 1. The lowest BCUT2D eigenvalue weighted by Crippen LogP contribution is -2.31. The molecule has 1 N–H and O–H groups in total. The minimum Gasteiger partial charge on any atom is -0.481 e. The molecule has 4 nitrogen and oxygen atoms in total. The molecule has 21 heavy (non-hydrogen) atoms. The second-order valence-electron chi connectivity index (χ2n) is 5.98. The summed E-state index contributed by atoms with van der Waals surface area (Å²) in [5, 5.41) is 10.6. The summed E-state index contributed by atoms with van der Waals surface area (Å²) >= 11 is 0. The van der Waals surface area contributed by atoms with Gasteiger partial charge in [0.15, 0.2) is 0 Å². The molecule has 1 aliphatic carbocycles. The third kappa shape index (κ3) is 3.16. The smallest absolute Gasteiger partial charge is 0.213 e. The number of aryl methyl sites for hydroxylation is 1. The lowest BCUT2D eigenvalue weighted by molar-refractivity contribution is -0.00335. The number of nitrogens with zero attached hydrogens (tertiary/aromatic N) is 2. The van der Waals surface area contributed by atoms with Gasteiger partial charge in [-0.25, -0.2) is 4.98 Å². The Morgan fingerprint density at radius 2 is 2.00 bits per heavy atom. The van der Waals surface area contributed by atoms with Gasteiger partial charge < -0.3 is 9.84 Å². The molecule has 2 heterocycles. The van der Waals surface area contributed by atoms with Gasteiger partial charge in [0.2, 0.25) is 5.88 Å². The maximum atomic E-state index is 10.6. The Hall–Kier alpha value is -1.68. The molecule has 112 valence electrons. The summed E-state index contributed by atoms with van der Waals surface area (Å²) in [5.74, 6) is 0.605. The Morgan fingerprint density at radius 3 is 2.76 bits per heavy atom. The van der Waals surface area contributed by atoms with Crippen molar-refractivity contribution in [2.45, 2.75) is 50.5 Å². The van der Waals surface area contributed by atoms with Gasteiger partial charge in [0.05, 0.1) is 23.7 Å². The fourth-order valence-corrected chi connectivity index (χ4v) is 3.20. The van der Waals surface area contributed by atoms with Crippen LogP contribution in [-0.2, 0) is 6.42 Å². The van der Waals surface area contributed by atoms with Gasteiger partial charge in [0.25, 0.3) is 0 Å². The van der Waals surface area contributed by atoms with Crippen molar-refractivity contribution in [3.63, 3.8) is 0 Å². The van der Waals surface area contributed by atoms with Crippen LogP contribution < -0.4 is 4.74 Å². The zero-order valence-corrected chi connectivity index (χ0v) is 12.5. The minimum absolute atomic E-state index is 0.493. The lowest BCUT2D eigenvalue weighted by atomic mass is 9.81. The second kappa shape index (κ2) is 5.98. The quantitative estimate of drug-likeness (QED) is 0.937. The number of ether oxygens (including phenoxy) is 1. The van der Waals surface area contributed by atoms with Crippen LogP contribution in [0.3, 0.4) is 0 Å². The molecule has 0 amide bonds. The van der Waals surface area contributed by atoms with Crippen LogP contribution in [0.2, 0.25) is 0 Å². The van der Waals surface area contributed by atoms with Gasteiger partial charge in [-0.3, -0.25) is 4.98 Å². The van der Waals surface area contributed by atoms with Gasteiger partial charge in [0, 0.05) is 12.3 Å². The highest BCUT2D eigenvalue weighted by Crippen LogP contribution is 2.32. The first-order valence-electron chi connectivity index (χ1n) is 7.71. The minimum atomic E-state index is -0.493. The number of rotatable bonds is 4. The number of aliphatic hydroxyl groups is 1. The van der Waals surface area contributed by atoms with Crippen molar-refractivity contribution < 1.29 is 9.84 Å². The molecule has 0 atom stereocenters. The predicted octanol–water partition coefficient (Wildman–Crippen LogP) is 3.27. The van der Waals surface area contributed by atoms with E-state index in [2.05, 4.69) is 9.97 Å². The Balaban J connectivity index is 1.82. The van der Waals surface area contributed by atoms with Crippen LogP contribution in [0.1, 0.15) is 44.1 Å². The Morgan fingerprint density at radius 1 is 1.19 bits per heavy atom. The van der Waals surface area contributed by atoms with Gasteiger partial charge in [-0.05, 0) is 43.4 Å². The number of pyridine rings is 2. The largest absolute Gasteiger partial charge is 0.481 e. The van der Waals surface area contributed by atoms with Crippen molar-refractivity contribution in [1.82, 2.24) is 9.97 Å². The van der Waals surface area contributed by atoms with E-state index in [9.17, 15) is 5.11 Å². The van der Waals surface area contributed by atoms with Crippen LogP contribution in [0, 0.1) is 0 Å². The molecule has 2 aromatic rings. The van der Waals surface area contributed by atoms with E-state index in [0.717, 1.165) is 55.1 Å². The Labute approximate surface area is 125 Å². The third-order valence-electron chi connectivity index (χ3n) is 4.50. The fraction of sp³-hybridized carbons (Fsp3) is 0.529. The van der Waals surface area contributed by atoms with Gasteiger partial charge in [0.1, 0.15) is 0 Å². The summed E-state index contributed by atoms with van der Waals surface area (Å²) in [6.07, 6.45) is 8.82. The van der Waals surface area contributed by atoms with Crippen molar-refractivity contribution in [2.24, 2.45) is 0 Å². The monoisotopic (exact) mass is 286 g/mol. The summed E-state index contributed by atoms with van der Waals surface area (Å²) in [5.41, 5.74) is 2.41. The Bertz CT molecular complexity index is 621. The first-order valence-corrected chi connectivity index (χ1v) is 7.71. The average Bonchev–Trinajstić information content (AvgIpc) is 2.53. The fourth-order valence-electron chi connectivity index (χ4n) is 3.20. The summed E-state index contributed by atoms with van der Waals surface area (Å²) in [7, 11) is 1.62. The standard InChI is InChI=1S/C17H22N2O2/c1-21-15-6-5-14-16(19-15)13(8-12-18-14)7-11-17(20)9-3-2-4-10-17/h5-6,8,12,20H,2-4,7,9-11H2,1H3. The normalized spacial score (nSPS) is 17.8. The van der Waals surface area contributed by atoms with Gasteiger partial charge in [-0.2, -0.15) is 0 Å². The molecule has 0 aliphatic heterocycles. The van der Waals surface area contributed by atoms with Crippen molar-refractivity contribution in [3.8, 4) is 5.88 Å². The van der Waals surface area contributed by atoms with Crippen LogP contribution in [0.5, 0.6) is 5.88 Å². The topological polar surface area (TPSA) is 55.2 Å². The molecule has 0 unspecified atom stereocenters. The van der Waals surface area contributed by atoms with Crippen LogP contribution in [0.25, 0.3) is 11.0 Å². The van der Waals surface area contributed by atoms with Crippen molar-refractivity contribution in [1.29, 1.82) is 0 Å². The van der Waals surface area contributed by atoms with E-state index in [1.165, 1.54) is 6.42 Å². The number of methoxy groups -OCH3 is 1. The zero-order valence-electron chi connectivity index (χ0n) is 12.5. The van der Waals surface area contributed by atoms with E-state index >= 15 is 0 Å². The summed E-state index contributed by atoms with van der Waals surface area (Å²) in [6.45, 7) is 0. The highest BCUT2D eigenvalue weighted by atomic mass is 16.5. The molecular formula is C17H22N2O2. The third-order valence-corrected chi connectivity index (χ3v) is 4.50. The van der Waals surface area contributed by atoms with E-state index in [1.807, 2.05) is 24.4 Å². The molecule has 1 fully saturated rings. The molecule has 1 aliphatic rings. The number of hydrogen-bond acceptors (Lipinski definition) is 4. The SMILES string of the molecule is COc1ccc2nccc(CCC3(O)CCCCC3)c2n1. The second-order valence-corrected chi connectivity index (χ2v) is 5.98. The maximum Gasteiger partial charge on any atom is 0.213 e. The van der Waals surface area contributed by atoms with E-state index in [1.54, 1.807) is 7.11 Å². The molecule has 4 heteroatoms. The lowest BCUT2D eigenvalue weighted by Gasteiger charge is -2.32. The predicted molar refractivity (Wildman–Crippen MR) is 82.4 cm³/mol. The molecule has 0 bridgehead atoms. The first-order chi connectivity index (χ1) is 10.2. The molecule has 0 radical (unpaired) electrons. The van der Waals surface area contributed by atoms with Crippen LogP contribution in [-0.4, -0.2) is 27.8 Å². The van der Waals surface area contributed by atoms with Crippen LogP contribution in [0.15, 0.2) is 24.4 Å². The highest BCUT2D eigenvalue weighted by molar-refractivity contribution is 5.78. The molecule has 2 aromatic heterocycles. The van der Waals surface area contributed by atoms with Gasteiger partial charge in [-0.15, -0.1) is 0 Å². The number of hydrogen-bond donors (Lipinski definition) is 1. The summed E-state index contributed by atoms with van der Waals surface area (Å²) in [6, 6.07) is 5.76. The van der Waals surface area contributed by atoms with Crippen molar-refractivity contribution in [2.75, 3.05) is 7.11 Å². The molecular weight excluding hydrogens is 264 g/mol. The van der Waals surface area contributed by atoms with Crippen LogP contribution >= 0.6 is 0 Å². The van der Waals surface area contributed by atoms with Gasteiger partial charge >= 0.3 is 0 Å². The van der Waals surface area contributed by atoms with E-state index in [4.69, 9.17) is 4.74 Å². The number of aromatic nitrogens is 2. The molecule has 0 spiro atoms. The Kier molecular flexibility index (Phi) is 4.06. The molecule has 3 rings (SSSR count). The van der Waals surface area contributed by atoms with Crippen LogP contribution in [0.4, 0.5) is 0 Å². The average molecular weight is 286 g/mol. The summed E-state index contributed by atoms with van der Waals surface area (Å²) in [4.78, 5) is 8.86. The molecule has 0 aromatic carbocycles. The first kappa shape index (κ1) is 14.3. The van der Waals surface area contributed by atoms with E-state index in [0.29, 0.717) is 5.88 Å². The van der Waals surface area contributed by atoms with Crippen molar-refractivity contribution >= 4 is 11.0 Å². The molecule has 1 saturated carbocycles. The van der Waals surface area contributed by atoms with Crippen molar-refractivity contribution in [3.05, 3.63) is 30.0 Å². The maximum absolute atomic E-state index is 10.6. The molecule has 0 saturated heterocycles. The van der Waals surface area contributed by atoms with E-state index < -0.39 is 5.60 Å². The highest BCUT2D eigenvalue weighted by Gasteiger charge is 2.28. The zero-order chi connectivity index (χ0) is 14.7. The van der Waals surface area contributed by atoms with E-state index in [-0.39, 0.29) is 0 Å².